The number of nitrogens with one attached hydrogen (secondary N) is 1. The predicted molar refractivity (Wildman–Crippen MR) is 165 cm³/mol. The van der Waals surface area contributed by atoms with Crippen molar-refractivity contribution in [1.82, 2.24) is 40.2 Å². The zero-order valence-corrected chi connectivity index (χ0v) is 25.9. The van der Waals surface area contributed by atoms with E-state index in [9.17, 15) is 19.5 Å². The summed E-state index contributed by atoms with van der Waals surface area (Å²) >= 11 is 0. The molecule has 45 heavy (non-hydrogen) atoms. The Hall–Kier alpha value is -4.91. The zero-order chi connectivity index (χ0) is 32.1. The smallest absolute Gasteiger partial charge is 0.331 e. The number of hydrogen-bond acceptors (Lipinski definition) is 10. The van der Waals surface area contributed by atoms with Crippen LogP contribution in [0.2, 0.25) is 0 Å². The number of phenolic OH excluding ortho intramolecular Hbond substituents is 1. The van der Waals surface area contributed by atoms with E-state index in [4.69, 9.17) is 4.74 Å². The summed E-state index contributed by atoms with van der Waals surface area (Å²) in [6.45, 7) is 8.22. The van der Waals surface area contributed by atoms with E-state index in [2.05, 4.69) is 25.9 Å². The van der Waals surface area contributed by atoms with Gasteiger partial charge in [0.25, 0.3) is 5.91 Å². The first-order valence-electron chi connectivity index (χ1n) is 15.0. The number of ether oxygens (including phenoxy) is 1. The lowest BCUT2D eigenvalue weighted by molar-refractivity contribution is -0.145. The standard InChI is InChI=1S/C32H38N8O5/c1-20(2)13-29(21(3)41)39-18-27(34-36-39)23-15-24(17-25(16-23)31(43)38-11-9-33-10-12-38)28-19-40(37-35-28)30(32(44)45-4)14-22-5-7-26(42)8-6-22/h5-8,15-20,29-30,33,42H,9-14H2,1-4H3/t29-,30-/m0/s1. The van der Waals surface area contributed by atoms with Crippen molar-refractivity contribution in [3.8, 4) is 28.3 Å². The van der Waals surface area contributed by atoms with E-state index in [1.165, 1.54) is 11.8 Å². The van der Waals surface area contributed by atoms with E-state index in [1.807, 2.05) is 19.9 Å². The number of aromatic nitrogens is 6. The highest BCUT2D eigenvalue weighted by atomic mass is 16.5. The lowest BCUT2D eigenvalue weighted by Gasteiger charge is -2.27. The third-order valence-electron chi connectivity index (χ3n) is 7.84. The van der Waals surface area contributed by atoms with Gasteiger partial charge in [-0.1, -0.05) is 36.4 Å². The van der Waals surface area contributed by atoms with Crippen LogP contribution in [0.4, 0.5) is 0 Å². The second-order valence-corrected chi connectivity index (χ2v) is 11.7. The number of carbonyl (C=O) groups is 3. The summed E-state index contributed by atoms with van der Waals surface area (Å²) in [6.07, 6.45) is 4.26. The Bertz CT molecular complexity index is 1660. The molecule has 2 atom stereocenters. The first kappa shape index (κ1) is 31.5. The molecule has 0 saturated carbocycles. The van der Waals surface area contributed by atoms with Crippen LogP contribution in [-0.2, 0) is 20.7 Å². The van der Waals surface area contributed by atoms with Crippen LogP contribution in [0, 0.1) is 5.92 Å². The van der Waals surface area contributed by atoms with E-state index < -0.39 is 18.1 Å². The van der Waals surface area contributed by atoms with E-state index in [1.54, 1.807) is 65.3 Å². The average Bonchev–Trinajstić information content (AvgIpc) is 3.74. The molecule has 3 heterocycles. The summed E-state index contributed by atoms with van der Waals surface area (Å²) in [5.41, 5.74) is 3.44. The monoisotopic (exact) mass is 614 g/mol. The van der Waals surface area contributed by atoms with Gasteiger partial charge in [-0.15, -0.1) is 10.2 Å². The number of nitrogens with zero attached hydrogens (tertiary/aromatic N) is 7. The molecule has 0 aliphatic carbocycles. The number of benzene rings is 2. The summed E-state index contributed by atoms with van der Waals surface area (Å²) in [5.74, 6) is -0.225. The Morgan fingerprint density at radius 1 is 0.911 bits per heavy atom. The van der Waals surface area contributed by atoms with E-state index in [0.717, 1.165) is 5.56 Å². The van der Waals surface area contributed by atoms with Gasteiger partial charge in [0.1, 0.15) is 23.2 Å². The molecule has 13 nitrogen and oxygen atoms in total. The zero-order valence-electron chi connectivity index (χ0n) is 25.9. The highest BCUT2D eigenvalue weighted by Gasteiger charge is 2.26. The Morgan fingerprint density at radius 2 is 1.49 bits per heavy atom. The van der Waals surface area contributed by atoms with Crippen molar-refractivity contribution in [3.63, 3.8) is 0 Å². The van der Waals surface area contributed by atoms with E-state index >= 15 is 0 Å². The molecule has 0 bridgehead atoms. The number of phenols is 1. The SMILES string of the molecule is COC(=O)[C@H](Cc1ccc(O)cc1)n1cc(-c2cc(C(=O)N3CCNCC3)cc(-c3cn([C@@H](CC(C)C)C(C)=O)nn3)c2)nn1. The Labute approximate surface area is 261 Å². The van der Waals surface area contributed by atoms with Gasteiger partial charge >= 0.3 is 5.97 Å². The molecule has 13 heteroatoms. The first-order valence-corrected chi connectivity index (χ1v) is 15.0. The number of esters is 1. The number of hydrogen-bond donors (Lipinski definition) is 2. The van der Waals surface area contributed by atoms with Crippen molar-refractivity contribution >= 4 is 17.7 Å². The Kier molecular flexibility index (Phi) is 9.67. The van der Waals surface area contributed by atoms with Gasteiger partial charge in [-0.25, -0.2) is 14.2 Å². The van der Waals surface area contributed by atoms with Crippen LogP contribution in [0.25, 0.3) is 22.5 Å². The number of methoxy groups -OCH3 is 1. The third kappa shape index (κ3) is 7.43. The van der Waals surface area contributed by atoms with Crippen molar-refractivity contribution in [2.45, 2.75) is 45.7 Å². The molecule has 2 N–H and O–H groups in total. The topological polar surface area (TPSA) is 157 Å². The van der Waals surface area contributed by atoms with Gasteiger partial charge in [-0.05, 0) is 55.2 Å². The number of carbonyl (C=O) groups excluding carboxylic acids is 3. The lowest BCUT2D eigenvalue weighted by atomic mass is 10.00. The lowest BCUT2D eigenvalue weighted by Crippen LogP contribution is -2.46. The fourth-order valence-corrected chi connectivity index (χ4v) is 5.40. The maximum absolute atomic E-state index is 13.7. The molecule has 5 rings (SSSR count). The molecular weight excluding hydrogens is 576 g/mol. The molecule has 2 aromatic heterocycles. The van der Waals surface area contributed by atoms with Crippen LogP contribution in [0.5, 0.6) is 5.75 Å². The molecule has 4 aromatic rings. The van der Waals surface area contributed by atoms with Crippen molar-refractivity contribution in [1.29, 1.82) is 0 Å². The molecule has 1 aliphatic rings. The fourth-order valence-electron chi connectivity index (χ4n) is 5.40. The molecule has 0 spiro atoms. The first-order chi connectivity index (χ1) is 21.6. The van der Waals surface area contributed by atoms with Gasteiger partial charge < -0.3 is 20.1 Å². The summed E-state index contributed by atoms with van der Waals surface area (Å²) in [4.78, 5) is 40.7. The Balaban J connectivity index is 1.53. The average molecular weight is 615 g/mol. The van der Waals surface area contributed by atoms with Crippen molar-refractivity contribution in [2.24, 2.45) is 5.92 Å². The number of Topliss-reactive ketones (excluding diaryl/α,β-unsaturated/α-hetero) is 1. The molecule has 0 radical (unpaired) electrons. The minimum absolute atomic E-state index is 0.00689. The summed E-state index contributed by atoms with van der Waals surface area (Å²) in [5, 5.41) is 30.2. The quantitative estimate of drug-likeness (QED) is 0.241. The van der Waals surface area contributed by atoms with Crippen LogP contribution in [0.3, 0.4) is 0 Å². The highest BCUT2D eigenvalue weighted by molar-refractivity contribution is 5.97. The van der Waals surface area contributed by atoms with Crippen LogP contribution in [0.1, 0.15) is 55.2 Å². The molecule has 1 amide bonds. The molecule has 1 fully saturated rings. The number of amides is 1. The third-order valence-corrected chi connectivity index (χ3v) is 7.84. The second-order valence-electron chi connectivity index (χ2n) is 11.7. The van der Waals surface area contributed by atoms with Gasteiger partial charge in [-0.3, -0.25) is 9.59 Å². The fraction of sp³-hybridized carbons (Fsp3) is 0.406. The molecule has 2 aromatic carbocycles. The molecule has 1 saturated heterocycles. The largest absolute Gasteiger partial charge is 0.508 e. The van der Waals surface area contributed by atoms with Crippen molar-refractivity contribution < 1.29 is 24.2 Å². The van der Waals surface area contributed by atoms with E-state index in [0.29, 0.717) is 60.7 Å². The predicted octanol–water partition coefficient (Wildman–Crippen LogP) is 3.09. The highest BCUT2D eigenvalue weighted by Crippen LogP contribution is 2.29. The number of aromatic hydroxyl groups is 1. The number of piperazine rings is 1. The van der Waals surface area contributed by atoms with Crippen molar-refractivity contribution in [2.75, 3.05) is 33.3 Å². The van der Waals surface area contributed by atoms with Gasteiger partial charge in [-0.2, -0.15) is 0 Å². The van der Waals surface area contributed by atoms with Gasteiger partial charge in [0.15, 0.2) is 11.8 Å². The van der Waals surface area contributed by atoms with Crippen LogP contribution in [-0.4, -0.2) is 90.9 Å². The van der Waals surface area contributed by atoms with Crippen molar-refractivity contribution in [3.05, 3.63) is 66.0 Å². The summed E-state index contributed by atoms with van der Waals surface area (Å²) < 4.78 is 8.09. The maximum Gasteiger partial charge on any atom is 0.331 e. The molecule has 1 aliphatic heterocycles. The summed E-state index contributed by atoms with van der Waals surface area (Å²) in [6, 6.07) is 10.7. The van der Waals surface area contributed by atoms with Gasteiger partial charge in [0.05, 0.1) is 19.5 Å². The molecular formula is C32H38N8O5. The number of ketones is 1. The van der Waals surface area contributed by atoms with E-state index in [-0.39, 0.29) is 29.8 Å². The second kappa shape index (κ2) is 13.8. The maximum atomic E-state index is 13.7. The van der Waals surface area contributed by atoms with Crippen LogP contribution in [0.15, 0.2) is 54.9 Å². The summed E-state index contributed by atoms with van der Waals surface area (Å²) in [7, 11) is 1.31. The van der Waals surface area contributed by atoms with Gasteiger partial charge in [0, 0.05) is 49.3 Å². The minimum Gasteiger partial charge on any atom is -0.508 e. The number of rotatable bonds is 11. The van der Waals surface area contributed by atoms with Crippen LogP contribution >= 0.6 is 0 Å². The Morgan fingerprint density at radius 3 is 2.02 bits per heavy atom. The van der Waals surface area contributed by atoms with Gasteiger partial charge in [0.2, 0.25) is 0 Å². The molecule has 0 unspecified atom stereocenters. The molecule has 236 valence electrons. The van der Waals surface area contributed by atoms with Crippen LogP contribution < -0.4 is 5.32 Å². The minimum atomic E-state index is -0.810. The normalized spacial score (nSPS) is 14.7.